The second kappa shape index (κ2) is 10.6. The summed E-state index contributed by atoms with van der Waals surface area (Å²) in [4.78, 5) is 41.4. The molecule has 0 bridgehead atoms. The van der Waals surface area contributed by atoms with Gasteiger partial charge < -0.3 is 55.4 Å². The first-order valence-electron chi connectivity index (χ1n) is 12.6. The van der Waals surface area contributed by atoms with Crippen molar-refractivity contribution in [2.75, 3.05) is 24.7 Å². The zero-order valence-corrected chi connectivity index (χ0v) is 22.7. The quantitative estimate of drug-likeness (QED) is 0.0957. The van der Waals surface area contributed by atoms with Gasteiger partial charge in [-0.25, -0.2) is 15.0 Å². The molecule has 0 amide bonds. The van der Waals surface area contributed by atoms with Crippen LogP contribution < -0.4 is 17.0 Å². The van der Waals surface area contributed by atoms with Crippen LogP contribution in [0.4, 0.5) is 11.8 Å². The van der Waals surface area contributed by atoms with E-state index in [1.807, 2.05) is 6.07 Å². The van der Waals surface area contributed by atoms with E-state index >= 15 is 0 Å². The Balaban J connectivity index is 1.26. The molecular weight excluding hydrogens is 595 g/mol. The van der Waals surface area contributed by atoms with Crippen LogP contribution in [0.3, 0.4) is 0 Å². The molecule has 21 heteroatoms. The molecule has 0 aliphatic carbocycles. The Bertz CT molecular complexity index is 1850. The van der Waals surface area contributed by atoms with Crippen molar-refractivity contribution in [2.24, 2.45) is 0 Å². The first-order chi connectivity index (χ1) is 20.5. The maximum atomic E-state index is 13.6. The van der Waals surface area contributed by atoms with Crippen LogP contribution in [0.1, 0.15) is 18.0 Å². The molecule has 0 saturated carbocycles. The number of imidazole rings is 1. The average Bonchev–Trinajstić information content (AvgIpc) is 3.71. The summed E-state index contributed by atoms with van der Waals surface area (Å²) < 4.78 is 32.7. The molecule has 9 atom stereocenters. The molecule has 0 radical (unpaired) electrons. The van der Waals surface area contributed by atoms with Crippen molar-refractivity contribution in [1.82, 2.24) is 34.1 Å². The van der Waals surface area contributed by atoms with E-state index < -0.39 is 75.0 Å². The van der Waals surface area contributed by atoms with E-state index in [2.05, 4.69) is 24.9 Å². The zero-order chi connectivity index (χ0) is 30.8. The number of aliphatic hydroxyl groups is 4. The lowest BCUT2D eigenvalue weighted by molar-refractivity contribution is -0.0494. The lowest BCUT2D eigenvalue weighted by atomic mass is 10.1. The van der Waals surface area contributed by atoms with Gasteiger partial charge >= 0.3 is 7.60 Å². The van der Waals surface area contributed by atoms with Gasteiger partial charge in [0, 0.05) is 6.20 Å². The van der Waals surface area contributed by atoms with Gasteiger partial charge in [0.2, 0.25) is 5.95 Å². The maximum absolute atomic E-state index is 13.6. The van der Waals surface area contributed by atoms with E-state index in [9.17, 15) is 39.9 Å². The van der Waals surface area contributed by atoms with E-state index in [1.54, 1.807) is 0 Å². The first-order valence-corrected chi connectivity index (χ1v) is 14.3. The summed E-state index contributed by atoms with van der Waals surface area (Å²) in [5.41, 5.74) is 9.03. The van der Waals surface area contributed by atoms with Crippen molar-refractivity contribution in [2.45, 2.75) is 48.6 Å². The molecule has 20 nitrogen and oxygen atoms in total. The smallest absolute Gasteiger partial charge is 0.338 e. The molecule has 6 heterocycles. The van der Waals surface area contributed by atoms with Gasteiger partial charge in [0.25, 0.3) is 5.56 Å². The Hall–Kier alpha value is -4.03. The number of nitriles is 1. The topological polar surface area (TPSA) is 316 Å². The summed E-state index contributed by atoms with van der Waals surface area (Å²) in [6.07, 6.45) is -6.93. The number of anilines is 2. The van der Waals surface area contributed by atoms with Gasteiger partial charge in [-0.05, 0) is 0 Å². The minimum atomic E-state index is -4.92. The number of nitrogens with zero attached hydrogens (tertiary/aromatic N) is 7. The Morgan fingerprint density at radius 3 is 2.53 bits per heavy atom. The number of aliphatic hydroxyl groups excluding tert-OH is 4. The third-order valence-corrected chi connectivity index (χ3v) is 9.25. The summed E-state index contributed by atoms with van der Waals surface area (Å²) in [6, 6.07) is 1.95. The maximum Gasteiger partial charge on any atom is 0.338 e. The fourth-order valence-corrected chi connectivity index (χ4v) is 6.99. The summed E-state index contributed by atoms with van der Waals surface area (Å²) in [5, 5.41) is 51.8. The molecule has 228 valence electrons. The molecule has 0 spiro atoms. The number of H-pyrrole nitrogens is 1. The third kappa shape index (κ3) is 4.63. The number of ether oxygens (including phenoxy) is 2. The molecule has 10 N–H and O–H groups in total. The second-order valence-corrected chi connectivity index (χ2v) is 11.9. The van der Waals surface area contributed by atoms with Crippen LogP contribution in [-0.4, -0.2) is 109 Å². The van der Waals surface area contributed by atoms with E-state index in [-0.39, 0.29) is 39.5 Å². The first kappa shape index (κ1) is 29.1. The lowest BCUT2D eigenvalue weighted by Crippen LogP contribution is -2.36. The number of hydrogen-bond donors (Lipinski definition) is 8. The Kier molecular flexibility index (Phi) is 7.16. The highest BCUT2D eigenvalue weighted by Gasteiger charge is 2.56. The number of nitrogen functional groups attached to an aromatic ring is 2. The summed E-state index contributed by atoms with van der Waals surface area (Å²) in [7, 11) is -4.92. The van der Waals surface area contributed by atoms with Crippen molar-refractivity contribution in [1.29, 1.82) is 5.26 Å². The van der Waals surface area contributed by atoms with Crippen molar-refractivity contribution < 1.29 is 43.9 Å². The second-order valence-electron chi connectivity index (χ2n) is 9.93. The summed E-state index contributed by atoms with van der Waals surface area (Å²) in [5.74, 6) is -0.265. The molecule has 2 unspecified atom stereocenters. The van der Waals surface area contributed by atoms with Crippen LogP contribution in [0, 0.1) is 11.3 Å². The van der Waals surface area contributed by atoms with Gasteiger partial charge in [0.05, 0.1) is 30.5 Å². The van der Waals surface area contributed by atoms with Crippen molar-refractivity contribution >= 4 is 41.6 Å². The van der Waals surface area contributed by atoms with Crippen LogP contribution in [0.15, 0.2) is 23.6 Å². The Labute approximate surface area is 239 Å². The van der Waals surface area contributed by atoms with E-state index in [0.717, 1.165) is 17.2 Å². The predicted molar refractivity (Wildman–Crippen MR) is 142 cm³/mol. The number of aromatic amines is 1. The van der Waals surface area contributed by atoms with E-state index in [4.69, 9.17) is 25.5 Å². The Morgan fingerprint density at radius 1 is 1.07 bits per heavy atom. The molecule has 4 aromatic heterocycles. The number of rotatable bonds is 7. The van der Waals surface area contributed by atoms with Gasteiger partial charge in [-0.3, -0.25) is 18.9 Å². The fourth-order valence-electron chi connectivity index (χ4n) is 5.34. The van der Waals surface area contributed by atoms with Gasteiger partial charge in [-0.1, -0.05) is 0 Å². The monoisotopic (exact) mass is 620 g/mol. The largest absolute Gasteiger partial charge is 0.394 e. The third-order valence-electron chi connectivity index (χ3n) is 7.41. The van der Waals surface area contributed by atoms with Crippen molar-refractivity contribution in [3.63, 3.8) is 0 Å². The molecule has 6 rings (SSSR count). The van der Waals surface area contributed by atoms with Gasteiger partial charge in [0.15, 0.2) is 23.6 Å². The molecule has 0 aromatic carbocycles. The molecule has 2 aliphatic heterocycles. The van der Waals surface area contributed by atoms with Crippen LogP contribution in [0.5, 0.6) is 0 Å². The number of nitrogens with one attached hydrogen (secondary N) is 1. The SMILES string of the molecule is N#Cc1cn([C@@H]2O[C@H](COP(=O)(O)[C@H]3C(n4cnc5c(=O)[nH]c(N)nc54)O[C@H](CO)[C@H]3O)[C@@H](O)[C@H]2O)c2ncnc(N)c12. The molecule has 43 heavy (non-hydrogen) atoms. The van der Waals surface area contributed by atoms with Crippen LogP contribution >= 0.6 is 7.60 Å². The highest BCUT2D eigenvalue weighted by atomic mass is 31.2. The number of aromatic nitrogens is 7. The standard InChI is InChI=1S/C22H25N10O10P/c23-1-7-2-31(17-10(7)16(24)26-5-27-17)20-14(36)12(34)9(42-20)4-40-43(38,39)15-13(35)8(3-33)41-21(15)32-6-28-11-18(32)29-22(25)30-19(11)37/h2,5-6,8-9,12-15,20-21,33-36H,3-4H2,(H,38,39)(H2,24,26,27)(H3,25,29,30,37)/t8-,9-,12-,13-,14-,15-,20-,21?/m1/s1. The normalized spacial score (nSPS) is 30.6. The van der Waals surface area contributed by atoms with Gasteiger partial charge in [-0.15, -0.1) is 0 Å². The Morgan fingerprint density at radius 2 is 1.81 bits per heavy atom. The van der Waals surface area contributed by atoms with Crippen LogP contribution in [0.2, 0.25) is 0 Å². The molecule has 4 aromatic rings. The molecule has 2 saturated heterocycles. The molecular formula is C22H25N10O10P. The highest BCUT2D eigenvalue weighted by molar-refractivity contribution is 7.53. The number of hydrogen-bond acceptors (Lipinski definition) is 16. The highest BCUT2D eigenvalue weighted by Crippen LogP contribution is 2.57. The van der Waals surface area contributed by atoms with Crippen molar-refractivity contribution in [3.05, 3.63) is 34.8 Å². The number of nitrogens with two attached hydrogens (primary N) is 2. The van der Waals surface area contributed by atoms with Gasteiger partial charge in [-0.2, -0.15) is 10.2 Å². The average molecular weight is 620 g/mol. The molecule has 2 aliphatic rings. The van der Waals surface area contributed by atoms with E-state index in [0.29, 0.717) is 0 Å². The van der Waals surface area contributed by atoms with Crippen molar-refractivity contribution in [3.8, 4) is 6.07 Å². The summed E-state index contributed by atoms with van der Waals surface area (Å²) >= 11 is 0. The fraction of sp³-hybridized carbons (Fsp3) is 0.455. The minimum Gasteiger partial charge on any atom is -0.394 e. The van der Waals surface area contributed by atoms with E-state index in [1.165, 1.54) is 10.8 Å². The van der Waals surface area contributed by atoms with Crippen LogP contribution in [0.25, 0.3) is 22.2 Å². The van der Waals surface area contributed by atoms with Crippen LogP contribution in [-0.2, 0) is 18.6 Å². The predicted octanol–water partition coefficient (Wildman–Crippen LogP) is -2.96. The minimum absolute atomic E-state index is 0.00989. The summed E-state index contributed by atoms with van der Waals surface area (Å²) in [6.45, 7) is -1.49. The molecule has 2 fully saturated rings. The number of fused-ring (bicyclic) bond motifs is 2. The van der Waals surface area contributed by atoms with Gasteiger partial charge in [0.1, 0.15) is 60.0 Å². The lowest BCUT2D eigenvalue weighted by Gasteiger charge is -2.27. The zero-order valence-electron chi connectivity index (χ0n) is 21.8.